The fourth-order valence-corrected chi connectivity index (χ4v) is 4.87. The predicted molar refractivity (Wildman–Crippen MR) is 85.6 cm³/mol. The maximum Gasteiger partial charge on any atom is 0.163 e. The summed E-state index contributed by atoms with van der Waals surface area (Å²) in [5, 5.41) is 0. The van der Waals surface area contributed by atoms with Crippen molar-refractivity contribution in [3.05, 3.63) is 47.0 Å². The summed E-state index contributed by atoms with van der Waals surface area (Å²) in [6.07, 6.45) is 10.3. The van der Waals surface area contributed by atoms with E-state index in [1.54, 1.807) is 0 Å². The van der Waals surface area contributed by atoms with Gasteiger partial charge in [0.15, 0.2) is 5.78 Å². The third-order valence-corrected chi connectivity index (χ3v) is 6.30. The van der Waals surface area contributed by atoms with E-state index in [1.807, 2.05) is 0 Å². The largest absolute Gasteiger partial charge is 0.294 e. The molecule has 0 radical (unpaired) electrons. The van der Waals surface area contributed by atoms with Gasteiger partial charge < -0.3 is 0 Å². The first-order chi connectivity index (χ1) is 10.1. The van der Waals surface area contributed by atoms with E-state index in [4.69, 9.17) is 0 Å². The van der Waals surface area contributed by atoms with Crippen molar-refractivity contribution >= 4 is 5.78 Å². The van der Waals surface area contributed by atoms with E-state index in [9.17, 15) is 4.79 Å². The van der Waals surface area contributed by atoms with Gasteiger partial charge >= 0.3 is 0 Å². The van der Waals surface area contributed by atoms with Crippen LogP contribution in [0.5, 0.6) is 0 Å². The van der Waals surface area contributed by atoms with Crippen molar-refractivity contribution in [3.63, 3.8) is 0 Å². The lowest BCUT2D eigenvalue weighted by atomic mass is 9.64. The lowest BCUT2D eigenvalue weighted by molar-refractivity contribution is 0.0848. The Kier molecular flexibility index (Phi) is 2.89. The van der Waals surface area contributed by atoms with Crippen LogP contribution in [0.2, 0.25) is 0 Å². The molecule has 0 saturated heterocycles. The number of rotatable bonds is 2. The normalized spacial score (nSPS) is 34.5. The maximum atomic E-state index is 12.8. The molecule has 3 aliphatic carbocycles. The number of allylic oxidation sites excluding steroid dienone is 2. The highest BCUT2D eigenvalue weighted by Gasteiger charge is 2.51. The molecule has 1 spiro atoms. The van der Waals surface area contributed by atoms with Crippen molar-refractivity contribution in [2.45, 2.75) is 51.9 Å². The molecule has 1 heteroatoms. The SMILES string of the molecule is CCC(C)c1ccc2c(c1)C(=O)CC1(C2)CC2C=CC1C2. The number of Topliss-reactive ketones (excluding diaryl/α,β-unsaturated/α-hetero) is 1. The van der Waals surface area contributed by atoms with Crippen LogP contribution in [0.3, 0.4) is 0 Å². The third-order valence-electron chi connectivity index (χ3n) is 6.30. The molecule has 0 aromatic heterocycles. The highest BCUT2D eigenvalue weighted by Crippen LogP contribution is 2.57. The zero-order chi connectivity index (χ0) is 14.6. The average molecular weight is 280 g/mol. The number of hydrogen-bond acceptors (Lipinski definition) is 1. The minimum Gasteiger partial charge on any atom is -0.294 e. The first-order valence-electron chi connectivity index (χ1n) is 8.45. The predicted octanol–water partition coefficient (Wildman–Crippen LogP) is 4.91. The second-order valence-corrected chi connectivity index (χ2v) is 7.56. The first kappa shape index (κ1) is 13.3. The second kappa shape index (κ2) is 4.56. The van der Waals surface area contributed by atoms with E-state index in [2.05, 4.69) is 44.2 Å². The summed E-state index contributed by atoms with van der Waals surface area (Å²) in [7, 11) is 0. The maximum absolute atomic E-state index is 12.8. The molecule has 4 atom stereocenters. The van der Waals surface area contributed by atoms with Gasteiger partial charge in [-0.1, -0.05) is 38.1 Å². The van der Waals surface area contributed by atoms with Crippen molar-refractivity contribution in [2.75, 3.05) is 0 Å². The van der Waals surface area contributed by atoms with E-state index in [0.717, 1.165) is 30.7 Å². The fraction of sp³-hybridized carbons (Fsp3) is 0.550. The Bertz CT molecular complexity index is 627. The summed E-state index contributed by atoms with van der Waals surface area (Å²) in [5.41, 5.74) is 3.90. The van der Waals surface area contributed by atoms with Crippen LogP contribution in [0, 0.1) is 17.3 Å². The summed E-state index contributed by atoms with van der Waals surface area (Å²) in [6, 6.07) is 6.68. The first-order valence-corrected chi connectivity index (χ1v) is 8.45. The van der Waals surface area contributed by atoms with E-state index in [0.29, 0.717) is 17.6 Å². The van der Waals surface area contributed by atoms with Crippen LogP contribution in [-0.2, 0) is 6.42 Å². The minimum absolute atomic E-state index is 0.251. The zero-order valence-electron chi connectivity index (χ0n) is 13.1. The van der Waals surface area contributed by atoms with Gasteiger partial charge in [0, 0.05) is 12.0 Å². The molecular formula is C20H24O. The molecule has 3 aliphatic rings. The van der Waals surface area contributed by atoms with Crippen LogP contribution < -0.4 is 0 Å². The van der Waals surface area contributed by atoms with Gasteiger partial charge in [-0.2, -0.15) is 0 Å². The number of carbonyl (C=O) groups is 1. The number of benzene rings is 1. The van der Waals surface area contributed by atoms with E-state index in [-0.39, 0.29) is 5.41 Å². The topological polar surface area (TPSA) is 17.1 Å². The highest BCUT2D eigenvalue weighted by atomic mass is 16.1. The third kappa shape index (κ3) is 1.93. The van der Waals surface area contributed by atoms with Gasteiger partial charge in [0.05, 0.1) is 0 Å². The van der Waals surface area contributed by atoms with Crippen molar-refractivity contribution in [1.29, 1.82) is 0 Å². The van der Waals surface area contributed by atoms with Gasteiger partial charge in [0.25, 0.3) is 0 Å². The van der Waals surface area contributed by atoms with Crippen LogP contribution in [-0.4, -0.2) is 5.78 Å². The van der Waals surface area contributed by atoms with E-state index in [1.165, 1.54) is 24.0 Å². The Morgan fingerprint density at radius 3 is 2.81 bits per heavy atom. The average Bonchev–Trinajstić information content (AvgIpc) is 3.06. The van der Waals surface area contributed by atoms with Crippen molar-refractivity contribution in [2.24, 2.45) is 17.3 Å². The Balaban J connectivity index is 1.70. The quantitative estimate of drug-likeness (QED) is 0.703. The molecule has 4 rings (SSSR count). The summed E-state index contributed by atoms with van der Waals surface area (Å²) in [6.45, 7) is 4.46. The molecular weight excluding hydrogens is 256 g/mol. The van der Waals surface area contributed by atoms with Crippen LogP contribution in [0.25, 0.3) is 0 Å². The summed E-state index contributed by atoms with van der Waals surface area (Å²) >= 11 is 0. The Morgan fingerprint density at radius 1 is 1.29 bits per heavy atom. The van der Waals surface area contributed by atoms with Crippen LogP contribution in [0.15, 0.2) is 30.4 Å². The van der Waals surface area contributed by atoms with Crippen LogP contribution >= 0.6 is 0 Å². The molecule has 0 heterocycles. The number of ketones is 1. The van der Waals surface area contributed by atoms with Crippen molar-refractivity contribution in [3.8, 4) is 0 Å². The van der Waals surface area contributed by atoms with Gasteiger partial charge in [-0.3, -0.25) is 4.79 Å². The molecule has 1 fully saturated rings. The molecule has 0 N–H and O–H groups in total. The molecule has 4 unspecified atom stereocenters. The van der Waals surface area contributed by atoms with Crippen molar-refractivity contribution in [1.82, 2.24) is 0 Å². The van der Waals surface area contributed by atoms with Crippen LogP contribution in [0.1, 0.15) is 66.9 Å². The van der Waals surface area contributed by atoms with Gasteiger partial charge in [-0.15, -0.1) is 0 Å². The van der Waals surface area contributed by atoms with Gasteiger partial charge in [-0.25, -0.2) is 0 Å². The lowest BCUT2D eigenvalue weighted by Gasteiger charge is -2.39. The van der Waals surface area contributed by atoms with Gasteiger partial charge in [-0.05, 0) is 66.0 Å². The molecule has 1 nitrogen and oxygen atoms in total. The molecule has 0 amide bonds. The monoisotopic (exact) mass is 280 g/mol. The molecule has 0 aliphatic heterocycles. The Morgan fingerprint density at radius 2 is 2.14 bits per heavy atom. The molecule has 1 aromatic carbocycles. The zero-order valence-corrected chi connectivity index (χ0v) is 13.1. The number of fused-ring (bicyclic) bond motifs is 4. The number of hydrogen-bond donors (Lipinski definition) is 0. The van der Waals surface area contributed by atoms with Crippen molar-refractivity contribution < 1.29 is 4.79 Å². The standard InChI is InChI=1S/C20H24O/c1-3-13(2)15-5-6-16-11-20(12-19(21)18(16)9-15)10-14-4-7-17(20)8-14/h4-7,9,13-14,17H,3,8,10-12H2,1-2H3. The van der Waals surface area contributed by atoms with Gasteiger partial charge in [0.1, 0.15) is 0 Å². The molecule has 21 heavy (non-hydrogen) atoms. The summed E-state index contributed by atoms with van der Waals surface area (Å²) in [4.78, 5) is 12.8. The fourth-order valence-electron chi connectivity index (χ4n) is 4.87. The smallest absolute Gasteiger partial charge is 0.163 e. The van der Waals surface area contributed by atoms with E-state index < -0.39 is 0 Å². The number of carbonyl (C=O) groups excluding carboxylic acids is 1. The molecule has 2 bridgehead atoms. The van der Waals surface area contributed by atoms with E-state index >= 15 is 0 Å². The Labute approximate surface area is 127 Å². The highest BCUT2D eigenvalue weighted by molar-refractivity contribution is 5.99. The molecule has 1 saturated carbocycles. The second-order valence-electron chi connectivity index (χ2n) is 7.56. The molecule has 1 aromatic rings. The summed E-state index contributed by atoms with van der Waals surface area (Å²) < 4.78 is 0. The summed E-state index contributed by atoms with van der Waals surface area (Å²) in [5.74, 6) is 2.32. The van der Waals surface area contributed by atoms with Gasteiger partial charge in [0.2, 0.25) is 0 Å². The lowest BCUT2D eigenvalue weighted by Crippen LogP contribution is -2.36. The molecule has 110 valence electrons. The van der Waals surface area contributed by atoms with Crippen LogP contribution in [0.4, 0.5) is 0 Å². The minimum atomic E-state index is 0.251. The Hall–Kier alpha value is -1.37.